The van der Waals surface area contributed by atoms with E-state index in [9.17, 15) is 4.79 Å². The molecule has 3 aromatic rings. The van der Waals surface area contributed by atoms with Crippen molar-refractivity contribution < 1.29 is 13.9 Å². The molecule has 1 amide bonds. The zero-order valence-corrected chi connectivity index (χ0v) is 15.2. The average molecular weight is 389 g/mol. The number of benzene rings is 2. The van der Waals surface area contributed by atoms with Crippen LogP contribution < -0.4 is 10.2 Å². The molecule has 0 atom stereocenters. The third kappa shape index (κ3) is 3.90. The molecule has 0 radical (unpaired) electrons. The summed E-state index contributed by atoms with van der Waals surface area (Å²) in [6, 6.07) is 15.6. The molecule has 7 heteroatoms. The van der Waals surface area contributed by atoms with E-state index in [2.05, 4.69) is 10.5 Å². The molecule has 0 aliphatic rings. The number of hydrogen-bond donors (Lipinski definition) is 1. The number of rotatable bonds is 5. The molecule has 0 spiro atoms. The first kappa shape index (κ1) is 18.0. The molecule has 0 saturated carbocycles. The number of nitrogens with zero attached hydrogens (tertiary/aromatic N) is 1. The quantitative estimate of drug-likeness (QED) is 0.492. The summed E-state index contributed by atoms with van der Waals surface area (Å²) >= 11 is 12.2. The van der Waals surface area contributed by atoms with Crippen LogP contribution in [0.3, 0.4) is 0 Å². The maximum absolute atomic E-state index is 12.2. The van der Waals surface area contributed by atoms with E-state index in [1.807, 2.05) is 0 Å². The molecular weight excluding hydrogens is 375 g/mol. The van der Waals surface area contributed by atoms with Gasteiger partial charge in [-0.1, -0.05) is 41.4 Å². The molecule has 0 saturated heterocycles. The Morgan fingerprint density at radius 2 is 1.92 bits per heavy atom. The average Bonchev–Trinajstić information content (AvgIpc) is 3.12. The zero-order chi connectivity index (χ0) is 18.5. The van der Waals surface area contributed by atoms with Crippen molar-refractivity contribution in [2.45, 2.75) is 0 Å². The maximum Gasteiger partial charge on any atom is 0.275 e. The second kappa shape index (κ2) is 8.08. The summed E-state index contributed by atoms with van der Waals surface area (Å²) in [7, 11) is 1.50. The number of halogens is 2. The second-order valence-electron chi connectivity index (χ2n) is 5.20. The smallest absolute Gasteiger partial charge is 0.275 e. The van der Waals surface area contributed by atoms with Crippen molar-refractivity contribution in [3.8, 4) is 17.1 Å². The van der Waals surface area contributed by atoms with Crippen LogP contribution in [-0.4, -0.2) is 19.2 Å². The van der Waals surface area contributed by atoms with Crippen LogP contribution in [0.5, 0.6) is 5.75 Å². The lowest BCUT2D eigenvalue weighted by Crippen LogP contribution is -2.18. The number of para-hydroxylation sites is 1. The molecule has 0 unspecified atom stereocenters. The molecule has 0 fully saturated rings. The molecule has 0 bridgehead atoms. The van der Waals surface area contributed by atoms with Gasteiger partial charge >= 0.3 is 0 Å². The number of ether oxygens (including phenoxy) is 1. The van der Waals surface area contributed by atoms with E-state index in [1.165, 1.54) is 13.3 Å². The minimum Gasteiger partial charge on any atom is -0.496 e. The number of nitrogens with one attached hydrogen (secondary N) is 1. The largest absolute Gasteiger partial charge is 0.496 e. The Hall–Kier alpha value is -2.76. The van der Waals surface area contributed by atoms with Gasteiger partial charge in [-0.25, -0.2) is 5.43 Å². The molecule has 0 aliphatic carbocycles. The van der Waals surface area contributed by atoms with E-state index in [4.69, 9.17) is 32.4 Å². The predicted octanol–water partition coefficient (Wildman–Crippen LogP) is 5.03. The first-order valence-corrected chi connectivity index (χ1v) is 8.36. The highest BCUT2D eigenvalue weighted by Gasteiger charge is 2.11. The molecule has 1 N–H and O–H groups in total. The lowest BCUT2D eigenvalue weighted by Gasteiger charge is -2.05. The molecule has 132 valence electrons. The van der Waals surface area contributed by atoms with Crippen molar-refractivity contribution in [3.63, 3.8) is 0 Å². The summed E-state index contributed by atoms with van der Waals surface area (Å²) in [5.74, 6) is 1.09. The number of methoxy groups -OCH3 is 1. The zero-order valence-electron chi connectivity index (χ0n) is 13.7. The Bertz CT molecular complexity index is 967. The van der Waals surface area contributed by atoms with E-state index in [0.717, 1.165) is 0 Å². The van der Waals surface area contributed by atoms with Gasteiger partial charge in [0, 0.05) is 5.56 Å². The summed E-state index contributed by atoms with van der Waals surface area (Å²) in [5.41, 5.74) is 3.50. The van der Waals surface area contributed by atoms with Crippen LogP contribution in [0.15, 0.2) is 64.1 Å². The van der Waals surface area contributed by atoms with Gasteiger partial charge < -0.3 is 9.15 Å². The summed E-state index contributed by atoms with van der Waals surface area (Å²) in [6.45, 7) is 0. The number of hydrazone groups is 1. The number of hydrogen-bond acceptors (Lipinski definition) is 4. The fourth-order valence-electron chi connectivity index (χ4n) is 2.31. The molecule has 3 rings (SSSR count). The summed E-state index contributed by atoms with van der Waals surface area (Å²) in [4.78, 5) is 12.2. The maximum atomic E-state index is 12.2. The first-order chi connectivity index (χ1) is 12.6. The van der Waals surface area contributed by atoms with Crippen molar-refractivity contribution in [1.82, 2.24) is 5.43 Å². The van der Waals surface area contributed by atoms with Crippen molar-refractivity contribution in [2.24, 2.45) is 5.10 Å². The predicted molar refractivity (Wildman–Crippen MR) is 102 cm³/mol. The molecule has 1 aromatic heterocycles. The minimum atomic E-state index is -0.386. The lowest BCUT2D eigenvalue weighted by molar-refractivity contribution is 0.0952. The molecule has 0 aliphatic heterocycles. The van der Waals surface area contributed by atoms with E-state index in [1.54, 1.807) is 54.6 Å². The van der Waals surface area contributed by atoms with Gasteiger partial charge in [-0.2, -0.15) is 5.10 Å². The van der Waals surface area contributed by atoms with Crippen LogP contribution in [0.25, 0.3) is 11.3 Å². The number of amides is 1. The van der Waals surface area contributed by atoms with Crippen LogP contribution >= 0.6 is 23.2 Å². The van der Waals surface area contributed by atoms with E-state index in [-0.39, 0.29) is 5.91 Å². The van der Waals surface area contributed by atoms with E-state index >= 15 is 0 Å². The number of furan rings is 1. The van der Waals surface area contributed by atoms with Gasteiger partial charge in [0.25, 0.3) is 5.91 Å². The van der Waals surface area contributed by atoms with Crippen LogP contribution in [-0.2, 0) is 0 Å². The molecule has 2 aromatic carbocycles. The normalized spacial score (nSPS) is 10.9. The first-order valence-electron chi connectivity index (χ1n) is 7.61. The Morgan fingerprint density at radius 1 is 1.12 bits per heavy atom. The number of carbonyl (C=O) groups excluding carboxylic acids is 1. The standard InChI is InChI=1S/C19H14Cl2N2O3/c1-25-16-8-3-2-5-14(16)19(24)23-22-11-12-9-10-17(26-12)13-6-4-7-15(20)18(13)21/h2-11H,1H3,(H,23,24)/b22-11+. The second-order valence-corrected chi connectivity index (χ2v) is 5.99. The fourth-order valence-corrected chi connectivity index (χ4v) is 2.70. The Morgan fingerprint density at radius 3 is 2.73 bits per heavy atom. The highest BCUT2D eigenvalue weighted by molar-refractivity contribution is 6.43. The molecule has 5 nitrogen and oxygen atoms in total. The van der Waals surface area contributed by atoms with Crippen molar-refractivity contribution in [1.29, 1.82) is 0 Å². The monoisotopic (exact) mass is 388 g/mol. The number of carbonyl (C=O) groups is 1. The van der Waals surface area contributed by atoms with Gasteiger partial charge in [0.1, 0.15) is 17.3 Å². The topological polar surface area (TPSA) is 63.8 Å². The van der Waals surface area contributed by atoms with Gasteiger partial charge in [0.2, 0.25) is 0 Å². The van der Waals surface area contributed by atoms with Gasteiger partial charge in [-0.3, -0.25) is 4.79 Å². The summed E-state index contributed by atoms with van der Waals surface area (Å²) in [6.07, 6.45) is 1.40. The Labute approximate surface area is 160 Å². The van der Waals surface area contributed by atoms with Crippen LogP contribution in [0, 0.1) is 0 Å². The van der Waals surface area contributed by atoms with Crippen molar-refractivity contribution >= 4 is 35.3 Å². The molecule has 1 heterocycles. The van der Waals surface area contributed by atoms with Gasteiger partial charge in [-0.05, 0) is 36.4 Å². The lowest BCUT2D eigenvalue weighted by atomic mass is 10.2. The van der Waals surface area contributed by atoms with Gasteiger partial charge in [0.15, 0.2) is 0 Å². The van der Waals surface area contributed by atoms with Gasteiger partial charge in [0.05, 0.1) is 28.9 Å². The highest BCUT2D eigenvalue weighted by Crippen LogP contribution is 2.34. The van der Waals surface area contributed by atoms with Crippen LogP contribution in [0.4, 0.5) is 0 Å². The third-order valence-electron chi connectivity index (χ3n) is 3.55. The van der Waals surface area contributed by atoms with Crippen molar-refractivity contribution in [2.75, 3.05) is 7.11 Å². The summed E-state index contributed by atoms with van der Waals surface area (Å²) < 4.78 is 10.8. The highest BCUT2D eigenvalue weighted by atomic mass is 35.5. The third-order valence-corrected chi connectivity index (χ3v) is 4.37. The Kier molecular flexibility index (Phi) is 5.61. The Balaban J connectivity index is 1.71. The van der Waals surface area contributed by atoms with Gasteiger partial charge in [-0.15, -0.1) is 0 Å². The summed E-state index contributed by atoms with van der Waals surface area (Å²) in [5, 5.41) is 4.77. The molecular formula is C19H14Cl2N2O3. The molecule has 26 heavy (non-hydrogen) atoms. The van der Waals surface area contributed by atoms with Crippen LogP contribution in [0.2, 0.25) is 10.0 Å². The SMILES string of the molecule is COc1ccccc1C(=O)N/N=C/c1ccc(-c2cccc(Cl)c2Cl)o1. The fraction of sp³-hybridized carbons (Fsp3) is 0.0526. The van der Waals surface area contributed by atoms with E-state index in [0.29, 0.717) is 38.4 Å². The minimum absolute atomic E-state index is 0.386. The van der Waals surface area contributed by atoms with Crippen LogP contribution in [0.1, 0.15) is 16.1 Å². The van der Waals surface area contributed by atoms with E-state index < -0.39 is 0 Å². The van der Waals surface area contributed by atoms with Crippen molar-refractivity contribution in [3.05, 3.63) is 76.0 Å².